The lowest BCUT2D eigenvalue weighted by Crippen LogP contribution is -2.55. The molecule has 0 unspecified atom stereocenters. The average Bonchev–Trinajstić information content (AvgIpc) is 2.59. The van der Waals surface area contributed by atoms with Crippen molar-refractivity contribution >= 4 is 11.8 Å². The number of hydrogen-bond donors (Lipinski definition) is 0. The van der Waals surface area contributed by atoms with Crippen molar-refractivity contribution in [3.05, 3.63) is 11.6 Å². The Labute approximate surface area is 158 Å². The van der Waals surface area contributed by atoms with E-state index >= 15 is 0 Å². The van der Waals surface area contributed by atoms with Crippen LogP contribution < -0.4 is 0 Å². The van der Waals surface area contributed by atoms with E-state index in [4.69, 9.17) is 4.74 Å². The summed E-state index contributed by atoms with van der Waals surface area (Å²) < 4.78 is 4.81. The maximum Gasteiger partial charge on any atom is 0.305 e. The van der Waals surface area contributed by atoms with Gasteiger partial charge in [-0.3, -0.25) is 9.59 Å². The molecule has 3 aliphatic rings. The summed E-state index contributed by atoms with van der Waals surface area (Å²) >= 11 is 0. The largest absolute Gasteiger partial charge is 0.469 e. The van der Waals surface area contributed by atoms with Crippen LogP contribution in [0.3, 0.4) is 0 Å². The SMILES string of the molecule is COC(=O)CCC[C@@H]1CCC=C2[C@@]1(C)CC[C@H]1C(C)(C)C(=O)CC[C@]21C. The lowest BCUT2D eigenvalue weighted by atomic mass is 9.42. The summed E-state index contributed by atoms with van der Waals surface area (Å²) in [5.41, 5.74) is 1.82. The van der Waals surface area contributed by atoms with Gasteiger partial charge in [0.2, 0.25) is 0 Å². The normalized spacial score (nSPS) is 38.8. The first kappa shape index (κ1) is 19.6. The fourth-order valence-electron chi connectivity index (χ4n) is 6.79. The monoisotopic (exact) mass is 360 g/mol. The van der Waals surface area contributed by atoms with Gasteiger partial charge in [-0.15, -0.1) is 0 Å². The zero-order valence-electron chi connectivity index (χ0n) is 17.3. The van der Waals surface area contributed by atoms with Crippen molar-refractivity contribution in [1.82, 2.24) is 0 Å². The minimum absolute atomic E-state index is 0.0926. The van der Waals surface area contributed by atoms with Crippen LogP contribution in [-0.4, -0.2) is 18.9 Å². The van der Waals surface area contributed by atoms with Crippen molar-refractivity contribution in [3.8, 4) is 0 Å². The smallest absolute Gasteiger partial charge is 0.305 e. The maximum absolute atomic E-state index is 12.6. The van der Waals surface area contributed by atoms with Gasteiger partial charge < -0.3 is 4.74 Å². The molecular formula is C23H36O3. The third-order valence-electron chi connectivity index (χ3n) is 8.34. The third kappa shape index (κ3) is 2.96. The molecular weight excluding hydrogens is 324 g/mol. The van der Waals surface area contributed by atoms with E-state index in [0.29, 0.717) is 24.0 Å². The number of rotatable bonds is 4. The number of Topliss-reactive ketones (excluding diaryl/α,β-unsaturated/α-hetero) is 1. The molecule has 3 rings (SSSR count). The summed E-state index contributed by atoms with van der Waals surface area (Å²) in [5, 5.41) is 0. The molecule has 3 aliphatic carbocycles. The number of hydrogen-bond acceptors (Lipinski definition) is 3. The van der Waals surface area contributed by atoms with Crippen molar-refractivity contribution in [1.29, 1.82) is 0 Å². The fraction of sp³-hybridized carbons (Fsp3) is 0.826. The van der Waals surface area contributed by atoms with Crippen molar-refractivity contribution < 1.29 is 14.3 Å². The molecule has 0 aromatic rings. The molecule has 3 heteroatoms. The molecule has 0 bridgehead atoms. The number of fused-ring (bicyclic) bond motifs is 3. The van der Waals surface area contributed by atoms with Crippen LogP contribution in [0.5, 0.6) is 0 Å². The molecule has 2 fully saturated rings. The van der Waals surface area contributed by atoms with E-state index in [0.717, 1.165) is 38.5 Å². The van der Waals surface area contributed by atoms with Crippen LogP contribution in [0, 0.1) is 28.1 Å². The Hall–Kier alpha value is -1.12. The van der Waals surface area contributed by atoms with Gasteiger partial charge in [0.15, 0.2) is 0 Å². The van der Waals surface area contributed by atoms with Crippen molar-refractivity contribution in [2.24, 2.45) is 28.1 Å². The second-order valence-electron chi connectivity index (χ2n) is 9.93. The molecule has 0 heterocycles. The molecule has 2 saturated carbocycles. The number of ketones is 1. The van der Waals surface area contributed by atoms with Gasteiger partial charge >= 0.3 is 5.97 Å². The molecule has 0 saturated heterocycles. The average molecular weight is 361 g/mol. The Bertz CT molecular complexity index is 617. The van der Waals surface area contributed by atoms with Crippen molar-refractivity contribution in [2.45, 2.75) is 85.5 Å². The zero-order valence-corrected chi connectivity index (χ0v) is 17.3. The highest BCUT2D eigenvalue weighted by Crippen LogP contribution is 2.66. The van der Waals surface area contributed by atoms with Crippen LogP contribution in [0.1, 0.15) is 85.5 Å². The molecule has 0 aromatic carbocycles. The molecule has 4 atom stereocenters. The summed E-state index contributed by atoms with van der Waals surface area (Å²) in [4.78, 5) is 24.1. The van der Waals surface area contributed by atoms with Crippen LogP contribution >= 0.6 is 0 Å². The predicted molar refractivity (Wildman–Crippen MR) is 104 cm³/mol. The molecule has 0 amide bonds. The van der Waals surface area contributed by atoms with Gasteiger partial charge in [0.05, 0.1) is 7.11 Å². The molecule has 146 valence electrons. The number of esters is 1. The highest BCUT2D eigenvalue weighted by molar-refractivity contribution is 5.85. The van der Waals surface area contributed by atoms with Gasteiger partial charge in [-0.2, -0.15) is 0 Å². The van der Waals surface area contributed by atoms with E-state index in [1.807, 2.05) is 0 Å². The van der Waals surface area contributed by atoms with E-state index in [1.165, 1.54) is 20.0 Å². The molecule has 0 radical (unpaired) electrons. The van der Waals surface area contributed by atoms with Gasteiger partial charge in [0, 0.05) is 18.3 Å². The number of carbonyl (C=O) groups excluding carboxylic acids is 2. The van der Waals surface area contributed by atoms with E-state index in [-0.39, 0.29) is 22.2 Å². The van der Waals surface area contributed by atoms with Gasteiger partial charge in [0.1, 0.15) is 5.78 Å². The molecule has 0 spiro atoms. The van der Waals surface area contributed by atoms with Crippen molar-refractivity contribution in [2.75, 3.05) is 7.11 Å². The van der Waals surface area contributed by atoms with Crippen LogP contribution in [0.2, 0.25) is 0 Å². The van der Waals surface area contributed by atoms with E-state index < -0.39 is 0 Å². The van der Waals surface area contributed by atoms with Gasteiger partial charge in [-0.25, -0.2) is 0 Å². The third-order valence-corrected chi connectivity index (χ3v) is 8.34. The van der Waals surface area contributed by atoms with E-state index in [9.17, 15) is 9.59 Å². The second-order valence-corrected chi connectivity index (χ2v) is 9.93. The topological polar surface area (TPSA) is 43.4 Å². The Morgan fingerprint density at radius 2 is 1.88 bits per heavy atom. The standard InChI is InChI=1S/C23H36O3/c1-21(2)17-12-14-22(3)16(9-7-11-20(25)26-5)8-6-10-18(22)23(17,4)15-13-19(21)24/h10,16-17H,6-9,11-15H2,1-5H3/t16-,17-,22-,23-/m0/s1. The van der Waals surface area contributed by atoms with Crippen LogP contribution in [0.15, 0.2) is 11.6 Å². The first-order chi connectivity index (χ1) is 12.2. The minimum Gasteiger partial charge on any atom is -0.469 e. The van der Waals surface area contributed by atoms with E-state index in [1.54, 1.807) is 5.57 Å². The van der Waals surface area contributed by atoms with Crippen molar-refractivity contribution in [3.63, 3.8) is 0 Å². The van der Waals surface area contributed by atoms with Gasteiger partial charge in [-0.05, 0) is 67.6 Å². The van der Waals surface area contributed by atoms with E-state index in [2.05, 4.69) is 33.8 Å². The number of allylic oxidation sites excluding steroid dienone is 2. The first-order valence-corrected chi connectivity index (χ1v) is 10.5. The van der Waals surface area contributed by atoms with Crippen LogP contribution in [0.25, 0.3) is 0 Å². The van der Waals surface area contributed by atoms with Crippen LogP contribution in [0.4, 0.5) is 0 Å². The van der Waals surface area contributed by atoms with Gasteiger partial charge in [-0.1, -0.05) is 39.3 Å². The lowest BCUT2D eigenvalue weighted by Gasteiger charge is -2.61. The highest BCUT2D eigenvalue weighted by Gasteiger charge is 2.59. The fourth-order valence-corrected chi connectivity index (χ4v) is 6.79. The Morgan fingerprint density at radius 3 is 2.58 bits per heavy atom. The quantitative estimate of drug-likeness (QED) is 0.492. The number of carbonyl (C=O) groups is 2. The lowest BCUT2D eigenvalue weighted by molar-refractivity contribution is -0.142. The molecule has 0 aliphatic heterocycles. The predicted octanol–water partition coefficient (Wildman–Crippen LogP) is 5.48. The summed E-state index contributed by atoms with van der Waals surface area (Å²) in [6.45, 7) is 9.26. The second kappa shape index (κ2) is 6.80. The minimum atomic E-state index is -0.201. The Kier molecular flexibility index (Phi) is 5.13. The highest BCUT2D eigenvalue weighted by atomic mass is 16.5. The molecule has 0 N–H and O–H groups in total. The Balaban J connectivity index is 1.83. The summed E-state index contributed by atoms with van der Waals surface area (Å²) in [6.07, 6.45) is 11.5. The van der Waals surface area contributed by atoms with Crippen LogP contribution in [-0.2, 0) is 14.3 Å². The summed E-state index contributed by atoms with van der Waals surface area (Å²) in [5.74, 6) is 1.47. The molecule has 3 nitrogen and oxygen atoms in total. The Morgan fingerprint density at radius 1 is 1.15 bits per heavy atom. The number of methoxy groups -OCH3 is 1. The summed E-state index contributed by atoms with van der Waals surface area (Å²) in [7, 11) is 1.47. The van der Waals surface area contributed by atoms with Gasteiger partial charge in [0.25, 0.3) is 0 Å². The molecule has 0 aromatic heterocycles. The summed E-state index contributed by atoms with van der Waals surface area (Å²) in [6, 6.07) is 0. The maximum atomic E-state index is 12.6. The molecule has 26 heavy (non-hydrogen) atoms. The number of ether oxygens (including phenoxy) is 1. The zero-order chi connectivity index (χ0) is 19.2. The first-order valence-electron chi connectivity index (χ1n) is 10.5.